The Bertz CT molecular complexity index is 318. The molecule has 6 heteroatoms. The van der Waals surface area contributed by atoms with Crippen molar-refractivity contribution in [2.75, 3.05) is 12.3 Å². The highest BCUT2D eigenvalue weighted by Crippen LogP contribution is 2.26. The number of carbonyl (C=O) groups excluding carboxylic acids is 1. The zero-order valence-electron chi connectivity index (χ0n) is 10.4. The molecule has 3 atom stereocenters. The molecule has 3 unspecified atom stereocenters. The normalized spacial score (nSPS) is 31.2. The van der Waals surface area contributed by atoms with Crippen molar-refractivity contribution in [2.24, 2.45) is 5.92 Å². The van der Waals surface area contributed by atoms with Gasteiger partial charge in [0.25, 0.3) is 0 Å². The Morgan fingerprint density at radius 3 is 2.72 bits per heavy atom. The van der Waals surface area contributed by atoms with Crippen LogP contribution in [0.3, 0.4) is 0 Å². The van der Waals surface area contributed by atoms with E-state index < -0.39 is 5.97 Å². The predicted octanol–water partition coefficient (Wildman–Crippen LogP) is 1.43. The van der Waals surface area contributed by atoms with E-state index in [1.165, 1.54) is 18.6 Å². The van der Waals surface area contributed by atoms with Gasteiger partial charge in [0.15, 0.2) is 0 Å². The van der Waals surface area contributed by atoms with Gasteiger partial charge < -0.3 is 15.7 Å². The van der Waals surface area contributed by atoms with Crippen LogP contribution in [0.15, 0.2) is 0 Å². The summed E-state index contributed by atoms with van der Waals surface area (Å²) < 4.78 is 0. The molecular weight excluding hydrogens is 252 g/mol. The lowest BCUT2D eigenvalue weighted by molar-refractivity contribution is -0.141. The quantitative estimate of drug-likeness (QED) is 0.723. The highest BCUT2D eigenvalue weighted by atomic mass is 32.2. The van der Waals surface area contributed by atoms with Crippen molar-refractivity contribution in [1.82, 2.24) is 10.6 Å². The van der Waals surface area contributed by atoms with E-state index in [0.29, 0.717) is 24.6 Å². The van der Waals surface area contributed by atoms with Crippen molar-refractivity contribution < 1.29 is 14.7 Å². The molecule has 2 amide bonds. The van der Waals surface area contributed by atoms with Crippen LogP contribution >= 0.6 is 11.8 Å². The molecule has 2 rings (SSSR count). The van der Waals surface area contributed by atoms with Gasteiger partial charge in [0.1, 0.15) is 0 Å². The van der Waals surface area contributed by atoms with Crippen molar-refractivity contribution in [2.45, 2.75) is 43.4 Å². The van der Waals surface area contributed by atoms with Crippen molar-refractivity contribution in [3.8, 4) is 0 Å². The lowest BCUT2D eigenvalue weighted by atomic mass is 10.1. The Morgan fingerprint density at radius 1 is 1.28 bits per heavy atom. The molecule has 0 aromatic heterocycles. The van der Waals surface area contributed by atoms with Gasteiger partial charge in [-0.2, -0.15) is 11.8 Å². The maximum atomic E-state index is 11.7. The average molecular weight is 272 g/mol. The first-order chi connectivity index (χ1) is 8.65. The third-order valence-corrected chi connectivity index (χ3v) is 5.03. The van der Waals surface area contributed by atoms with Crippen LogP contribution in [0.5, 0.6) is 0 Å². The summed E-state index contributed by atoms with van der Waals surface area (Å²) >= 11 is 1.91. The molecule has 2 fully saturated rings. The maximum Gasteiger partial charge on any atom is 0.315 e. The third kappa shape index (κ3) is 3.80. The second kappa shape index (κ2) is 6.31. The molecular formula is C12H20N2O3S. The van der Waals surface area contributed by atoms with Gasteiger partial charge in [-0.05, 0) is 37.9 Å². The Morgan fingerprint density at radius 2 is 2.11 bits per heavy atom. The number of amides is 2. The molecule has 1 saturated carbocycles. The molecule has 1 saturated heterocycles. The van der Waals surface area contributed by atoms with Gasteiger partial charge in [-0.25, -0.2) is 4.79 Å². The number of urea groups is 1. The Kier molecular flexibility index (Phi) is 4.74. The fourth-order valence-corrected chi connectivity index (χ4v) is 3.79. The van der Waals surface area contributed by atoms with Gasteiger partial charge in [-0.3, -0.25) is 4.79 Å². The number of aliphatic carboxylic acids is 1. The van der Waals surface area contributed by atoms with Gasteiger partial charge in [0.2, 0.25) is 0 Å². The molecule has 1 aliphatic heterocycles. The number of rotatable bonds is 4. The molecule has 0 spiro atoms. The molecule has 0 radical (unpaired) electrons. The summed E-state index contributed by atoms with van der Waals surface area (Å²) in [5, 5.41) is 15.2. The van der Waals surface area contributed by atoms with Crippen LogP contribution in [0, 0.1) is 5.92 Å². The standard InChI is InChI=1S/C12H20N2O3S/c15-11(16)8-3-4-9(6-8)14-12(17)13-7-10-2-1-5-18-10/h8-10H,1-7H2,(H,15,16)(H2,13,14,17). The molecule has 0 bridgehead atoms. The number of thioether (sulfide) groups is 1. The summed E-state index contributed by atoms with van der Waals surface area (Å²) in [6.07, 6.45) is 4.40. The lowest BCUT2D eigenvalue weighted by Crippen LogP contribution is -2.43. The summed E-state index contributed by atoms with van der Waals surface area (Å²) in [5.41, 5.74) is 0. The SMILES string of the molecule is O=C(NCC1CCCS1)NC1CCC(C(=O)O)C1. The van der Waals surface area contributed by atoms with Crippen LogP contribution < -0.4 is 10.6 Å². The number of nitrogens with one attached hydrogen (secondary N) is 2. The molecule has 0 aromatic carbocycles. The zero-order chi connectivity index (χ0) is 13.0. The number of hydrogen-bond donors (Lipinski definition) is 3. The Balaban J connectivity index is 1.63. The monoisotopic (exact) mass is 272 g/mol. The van der Waals surface area contributed by atoms with E-state index in [1.807, 2.05) is 11.8 Å². The molecule has 5 nitrogen and oxygen atoms in total. The number of carbonyl (C=O) groups is 2. The Hall–Kier alpha value is -0.910. The van der Waals surface area contributed by atoms with E-state index in [2.05, 4.69) is 10.6 Å². The smallest absolute Gasteiger partial charge is 0.315 e. The van der Waals surface area contributed by atoms with Crippen LogP contribution in [-0.2, 0) is 4.79 Å². The van der Waals surface area contributed by atoms with Crippen molar-refractivity contribution >= 4 is 23.8 Å². The fourth-order valence-electron chi connectivity index (χ4n) is 2.59. The zero-order valence-corrected chi connectivity index (χ0v) is 11.2. The minimum atomic E-state index is -0.748. The first-order valence-electron chi connectivity index (χ1n) is 6.54. The summed E-state index contributed by atoms with van der Waals surface area (Å²) in [5.74, 6) is 0.152. The molecule has 0 aromatic rings. The topological polar surface area (TPSA) is 78.4 Å². The summed E-state index contributed by atoms with van der Waals surface area (Å²) in [6.45, 7) is 0.714. The van der Waals surface area contributed by atoms with Gasteiger partial charge in [-0.1, -0.05) is 0 Å². The van der Waals surface area contributed by atoms with Crippen LogP contribution in [0.1, 0.15) is 32.1 Å². The van der Waals surface area contributed by atoms with Crippen LogP contribution in [0.4, 0.5) is 4.79 Å². The fraction of sp³-hybridized carbons (Fsp3) is 0.833. The molecule has 2 aliphatic rings. The van der Waals surface area contributed by atoms with E-state index in [4.69, 9.17) is 5.11 Å². The minimum Gasteiger partial charge on any atom is -0.481 e. The third-order valence-electron chi connectivity index (χ3n) is 3.63. The van der Waals surface area contributed by atoms with Gasteiger partial charge >= 0.3 is 12.0 Å². The van der Waals surface area contributed by atoms with Gasteiger partial charge in [0.05, 0.1) is 5.92 Å². The number of carboxylic acid groups (broad SMARTS) is 1. The molecule has 1 aliphatic carbocycles. The van der Waals surface area contributed by atoms with E-state index in [9.17, 15) is 9.59 Å². The molecule has 102 valence electrons. The van der Waals surface area contributed by atoms with Crippen LogP contribution in [0.2, 0.25) is 0 Å². The summed E-state index contributed by atoms with van der Waals surface area (Å²) in [4.78, 5) is 22.5. The highest BCUT2D eigenvalue weighted by Gasteiger charge is 2.30. The van der Waals surface area contributed by atoms with Crippen LogP contribution in [-0.4, -0.2) is 40.7 Å². The lowest BCUT2D eigenvalue weighted by Gasteiger charge is -2.15. The van der Waals surface area contributed by atoms with Crippen molar-refractivity contribution in [1.29, 1.82) is 0 Å². The predicted molar refractivity (Wildman–Crippen MR) is 70.8 cm³/mol. The average Bonchev–Trinajstić information content (AvgIpc) is 2.96. The highest BCUT2D eigenvalue weighted by molar-refractivity contribution is 8.00. The van der Waals surface area contributed by atoms with E-state index in [0.717, 1.165) is 6.42 Å². The second-order valence-corrected chi connectivity index (χ2v) is 6.44. The first-order valence-corrected chi connectivity index (χ1v) is 7.59. The largest absolute Gasteiger partial charge is 0.481 e. The molecule has 1 heterocycles. The number of hydrogen-bond acceptors (Lipinski definition) is 3. The second-order valence-electron chi connectivity index (χ2n) is 5.03. The van der Waals surface area contributed by atoms with Gasteiger partial charge in [-0.15, -0.1) is 0 Å². The van der Waals surface area contributed by atoms with Crippen LogP contribution in [0.25, 0.3) is 0 Å². The van der Waals surface area contributed by atoms with Crippen molar-refractivity contribution in [3.63, 3.8) is 0 Å². The number of carboxylic acids is 1. The summed E-state index contributed by atoms with van der Waals surface area (Å²) in [6, 6.07) is -0.138. The molecule has 18 heavy (non-hydrogen) atoms. The summed E-state index contributed by atoms with van der Waals surface area (Å²) in [7, 11) is 0. The Labute approximate surface area is 111 Å². The molecule has 3 N–H and O–H groups in total. The maximum absolute atomic E-state index is 11.7. The first kappa shape index (κ1) is 13.5. The minimum absolute atomic E-state index is 0.0160. The van der Waals surface area contributed by atoms with Gasteiger partial charge in [0, 0.05) is 17.8 Å². The van der Waals surface area contributed by atoms with Crippen molar-refractivity contribution in [3.05, 3.63) is 0 Å². The van der Waals surface area contributed by atoms with E-state index in [-0.39, 0.29) is 18.0 Å². The van der Waals surface area contributed by atoms with E-state index >= 15 is 0 Å². The van der Waals surface area contributed by atoms with E-state index in [1.54, 1.807) is 0 Å².